The maximum Gasteiger partial charge on any atom is 0.406 e. The van der Waals surface area contributed by atoms with Crippen LogP contribution in [0.1, 0.15) is 37.3 Å². The van der Waals surface area contributed by atoms with Crippen molar-refractivity contribution >= 4 is 16.6 Å². The van der Waals surface area contributed by atoms with Crippen molar-refractivity contribution in [3.05, 3.63) is 30.0 Å². The quantitative estimate of drug-likeness (QED) is 0.797. The van der Waals surface area contributed by atoms with E-state index < -0.39 is 12.7 Å². The van der Waals surface area contributed by atoms with Crippen LogP contribution in [-0.4, -0.2) is 48.0 Å². The van der Waals surface area contributed by atoms with Crippen molar-refractivity contribution in [2.75, 3.05) is 32.0 Å². The lowest BCUT2D eigenvalue weighted by molar-refractivity contribution is -0.200. The number of benzene rings is 1. The summed E-state index contributed by atoms with van der Waals surface area (Å²) in [7, 11) is 0. The molecule has 0 amide bonds. The number of ether oxygens (including phenoxy) is 1. The van der Waals surface area contributed by atoms with Crippen LogP contribution in [-0.2, 0) is 11.3 Å². The average Bonchev–Trinajstić information content (AvgIpc) is 2.91. The second-order valence-electron chi connectivity index (χ2n) is 8.95. The lowest BCUT2D eigenvalue weighted by atomic mass is 9.74. The molecule has 4 nitrogen and oxygen atoms in total. The zero-order chi connectivity index (χ0) is 19.5. The fourth-order valence-corrected chi connectivity index (χ4v) is 5.41. The first-order chi connectivity index (χ1) is 13.3. The Labute approximate surface area is 162 Å². The van der Waals surface area contributed by atoms with Gasteiger partial charge in [-0.25, -0.2) is 0 Å². The molecule has 1 aromatic heterocycles. The summed E-state index contributed by atoms with van der Waals surface area (Å²) in [4.78, 5) is 2.54. The number of nitrogen functional groups attached to an aromatic ring is 1. The van der Waals surface area contributed by atoms with Gasteiger partial charge in [0.1, 0.15) is 6.54 Å². The average molecular weight is 393 g/mol. The number of hydrogen-bond acceptors (Lipinski definition) is 3. The van der Waals surface area contributed by atoms with Gasteiger partial charge < -0.3 is 15.0 Å². The Morgan fingerprint density at radius 1 is 1.11 bits per heavy atom. The second kappa shape index (κ2) is 6.39. The standard InChI is InChI=1S/C21H26F3N3O/c22-21(23,24)11-27-18-3-1-2-17(25)16(18)8-19(27)14-4-6-15(7-5-14)26-9-20(10-26)12-28-13-20/h1-3,8,14-15H,4-7,9-13,25H2. The highest BCUT2D eigenvalue weighted by Crippen LogP contribution is 2.44. The molecular formula is C21H26F3N3O. The Balaban J connectivity index is 1.34. The molecule has 0 radical (unpaired) electrons. The minimum absolute atomic E-state index is 0.160. The maximum absolute atomic E-state index is 13.3. The summed E-state index contributed by atoms with van der Waals surface area (Å²) in [6.07, 6.45) is -0.300. The highest BCUT2D eigenvalue weighted by atomic mass is 19.4. The molecule has 2 saturated heterocycles. The van der Waals surface area contributed by atoms with Gasteiger partial charge in [-0.2, -0.15) is 13.2 Å². The summed E-state index contributed by atoms with van der Waals surface area (Å²) < 4.78 is 46.6. The van der Waals surface area contributed by atoms with Crippen LogP contribution in [0.4, 0.5) is 18.9 Å². The topological polar surface area (TPSA) is 43.4 Å². The Morgan fingerprint density at radius 2 is 1.82 bits per heavy atom. The van der Waals surface area contributed by atoms with E-state index in [4.69, 9.17) is 10.5 Å². The Kier molecular flexibility index (Phi) is 4.18. The molecule has 152 valence electrons. The van der Waals surface area contributed by atoms with Crippen LogP contribution in [0.2, 0.25) is 0 Å². The second-order valence-corrected chi connectivity index (χ2v) is 8.95. The first kappa shape index (κ1) is 18.3. The van der Waals surface area contributed by atoms with Crippen molar-refractivity contribution in [3.63, 3.8) is 0 Å². The molecule has 1 aliphatic carbocycles. The SMILES string of the molecule is Nc1cccc2c1cc(C1CCC(N3CC4(COC4)C3)CC1)n2CC(F)(F)F. The number of hydrogen-bond donors (Lipinski definition) is 1. The molecule has 0 atom stereocenters. The number of fused-ring (bicyclic) bond motifs is 1. The molecule has 1 saturated carbocycles. The van der Waals surface area contributed by atoms with E-state index in [-0.39, 0.29) is 5.92 Å². The van der Waals surface area contributed by atoms with Crippen molar-refractivity contribution in [3.8, 4) is 0 Å². The fraction of sp³-hybridized carbons (Fsp3) is 0.619. The van der Waals surface area contributed by atoms with Crippen molar-refractivity contribution in [2.24, 2.45) is 5.41 Å². The molecule has 2 aromatic rings. The van der Waals surface area contributed by atoms with Crippen LogP contribution in [0.25, 0.3) is 10.9 Å². The smallest absolute Gasteiger partial charge is 0.398 e. The largest absolute Gasteiger partial charge is 0.406 e. The molecule has 1 aromatic carbocycles. The van der Waals surface area contributed by atoms with Gasteiger partial charge in [0.05, 0.1) is 18.7 Å². The number of aromatic nitrogens is 1. The van der Waals surface area contributed by atoms with Gasteiger partial charge in [-0.3, -0.25) is 4.90 Å². The van der Waals surface area contributed by atoms with E-state index in [0.29, 0.717) is 22.7 Å². The van der Waals surface area contributed by atoms with Gasteiger partial charge in [-0.05, 0) is 49.8 Å². The van der Waals surface area contributed by atoms with Crippen molar-refractivity contribution in [1.29, 1.82) is 0 Å². The molecule has 7 heteroatoms. The number of alkyl halides is 3. The molecule has 0 bridgehead atoms. The van der Waals surface area contributed by atoms with E-state index in [9.17, 15) is 13.2 Å². The highest BCUT2D eigenvalue weighted by molar-refractivity contribution is 5.92. The lowest BCUT2D eigenvalue weighted by Crippen LogP contribution is -2.68. The molecule has 3 fully saturated rings. The molecule has 5 rings (SSSR count). The van der Waals surface area contributed by atoms with E-state index in [0.717, 1.165) is 63.1 Å². The number of likely N-dealkylation sites (tertiary alicyclic amines) is 1. The number of rotatable bonds is 3. The summed E-state index contributed by atoms with van der Waals surface area (Å²) in [5.41, 5.74) is 8.38. The van der Waals surface area contributed by atoms with Crippen molar-refractivity contribution < 1.29 is 17.9 Å². The summed E-state index contributed by atoms with van der Waals surface area (Å²) >= 11 is 0. The predicted molar refractivity (Wildman–Crippen MR) is 102 cm³/mol. The summed E-state index contributed by atoms with van der Waals surface area (Å²) in [6, 6.07) is 7.69. The van der Waals surface area contributed by atoms with Crippen LogP contribution in [0.15, 0.2) is 24.3 Å². The van der Waals surface area contributed by atoms with Gasteiger partial charge >= 0.3 is 6.18 Å². The number of halogens is 3. The molecule has 28 heavy (non-hydrogen) atoms. The molecule has 1 spiro atoms. The fourth-order valence-electron chi connectivity index (χ4n) is 5.41. The van der Waals surface area contributed by atoms with Gasteiger partial charge in [0.15, 0.2) is 0 Å². The van der Waals surface area contributed by atoms with E-state index in [1.165, 1.54) is 4.57 Å². The zero-order valence-electron chi connectivity index (χ0n) is 15.8. The summed E-state index contributed by atoms with van der Waals surface area (Å²) in [5, 5.41) is 0.735. The first-order valence-electron chi connectivity index (χ1n) is 10.1. The maximum atomic E-state index is 13.3. The van der Waals surface area contributed by atoms with E-state index in [1.54, 1.807) is 18.2 Å². The van der Waals surface area contributed by atoms with Crippen LogP contribution in [0.5, 0.6) is 0 Å². The van der Waals surface area contributed by atoms with E-state index >= 15 is 0 Å². The van der Waals surface area contributed by atoms with Gasteiger partial charge in [0, 0.05) is 41.3 Å². The molecule has 3 heterocycles. The number of anilines is 1. The van der Waals surface area contributed by atoms with Crippen LogP contribution in [0, 0.1) is 5.41 Å². The minimum atomic E-state index is -4.25. The predicted octanol–water partition coefficient (Wildman–Crippen LogP) is 4.14. The lowest BCUT2D eigenvalue weighted by Gasteiger charge is -2.58. The zero-order valence-corrected chi connectivity index (χ0v) is 15.8. The van der Waals surface area contributed by atoms with Crippen molar-refractivity contribution in [1.82, 2.24) is 9.47 Å². The molecular weight excluding hydrogens is 367 g/mol. The Hall–Kier alpha value is -1.73. The molecule has 2 N–H and O–H groups in total. The molecule has 2 aliphatic heterocycles. The molecule has 0 unspecified atom stereocenters. The number of nitrogens with zero attached hydrogens (tertiary/aromatic N) is 2. The van der Waals surface area contributed by atoms with Gasteiger partial charge in [0.25, 0.3) is 0 Å². The third kappa shape index (κ3) is 3.08. The third-order valence-electron chi connectivity index (χ3n) is 6.87. The Bertz CT molecular complexity index is 871. The molecule has 3 aliphatic rings. The monoisotopic (exact) mass is 393 g/mol. The third-order valence-corrected chi connectivity index (χ3v) is 6.87. The van der Waals surface area contributed by atoms with E-state index in [1.807, 2.05) is 6.07 Å². The van der Waals surface area contributed by atoms with Crippen LogP contribution >= 0.6 is 0 Å². The normalized spacial score (nSPS) is 27.7. The van der Waals surface area contributed by atoms with Crippen LogP contribution < -0.4 is 5.73 Å². The number of nitrogens with two attached hydrogens (primary N) is 1. The Morgan fingerprint density at radius 3 is 2.43 bits per heavy atom. The summed E-state index contributed by atoms with van der Waals surface area (Å²) in [5.74, 6) is 0.160. The summed E-state index contributed by atoms with van der Waals surface area (Å²) in [6.45, 7) is 3.06. The van der Waals surface area contributed by atoms with Gasteiger partial charge in [-0.1, -0.05) is 6.07 Å². The minimum Gasteiger partial charge on any atom is -0.398 e. The first-order valence-corrected chi connectivity index (χ1v) is 10.1. The highest BCUT2D eigenvalue weighted by Gasteiger charge is 2.51. The van der Waals surface area contributed by atoms with Crippen molar-refractivity contribution in [2.45, 2.75) is 50.4 Å². The van der Waals surface area contributed by atoms with E-state index in [2.05, 4.69) is 4.90 Å². The van der Waals surface area contributed by atoms with Crippen LogP contribution in [0.3, 0.4) is 0 Å². The van der Waals surface area contributed by atoms with Gasteiger partial charge in [0.2, 0.25) is 0 Å². The van der Waals surface area contributed by atoms with Gasteiger partial charge in [-0.15, -0.1) is 0 Å².